The molecule has 1 fully saturated rings. The Morgan fingerprint density at radius 1 is 1.16 bits per heavy atom. The first kappa shape index (κ1) is 26.2. The highest BCUT2D eigenvalue weighted by Crippen LogP contribution is 2.28. The molecule has 2 aromatic carbocycles. The summed E-state index contributed by atoms with van der Waals surface area (Å²) in [5.41, 5.74) is 1.61. The van der Waals surface area contributed by atoms with Gasteiger partial charge in [0.2, 0.25) is 0 Å². The molecule has 1 aliphatic heterocycles. The number of rotatable bonds is 7. The lowest BCUT2D eigenvalue weighted by Crippen LogP contribution is -2.47. The van der Waals surface area contributed by atoms with Gasteiger partial charge < -0.3 is 19.8 Å². The van der Waals surface area contributed by atoms with E-state index >= 15 is 0 Å². The molecule has 3 aromatic rings. The first-order valence-corrected chi connectivity index (χ1v) is 11.7. The first-order chi connectivity index (χ1) is 17.8. The van der Waals surface area contributed by atoms with Crippen LogP contribution in [0.1, 0.15) is 21.8 Å². The second-order valence-corrected chi connectivity index (χ2v) is 8.78. The van der Waals surface area contributed by atoms with Gasteiger partial charge in [0.1, 0.15) is 5.84 Å². The maximum Gasteiger partial charge on any atom is 0.339 e. The zero-order valence-electron chi connectivity index (χ0n) is 20.8. The van der Waals surface area contributed by atoms with E-state index in [0.29, 0.717) is 54.1 Å². The Morgan fingerprint density at radius 2 is 1.97 bits per heavy atom. The molecule has 37 heavy (non-hydrogen) atoms. The van der Waals surface area contributed by atoms with Crippen LogP contribution in [-0.2, 0) is 9.47 Å². The molecule has 3 N–H and O–H groups in total. The fraction of sp³-hybridized carbons (Fsp3) is 0.346. The van der Waals surface area contributed by atoms with Gasteiger partial charge in [-0.3, -0.25) is 15.2 Å². The summed E-state index contributed by atoms with van der Waals surface area (Å²) < 4.78 is 37.4. The molecule has 2 heterocycles. The third-order valence-electron chi connectivity index (χ3n) is 6.46. The van der Waals surface area contributed by atoms with Crippen LogP contribution < -0.4 is 16.0 Å². The van der Waals surface area contributed by atoms with E-state index in [9.17, 15) is 18.4 Å². The number of aromatic nitrogens is 1. The summed E-state index contributed by atoms with van der Waals surface area (Å²) >= 11 is 0. The first-order valence-electron chi connectivity index (χ1n) is 11.7. The largest absolute Gasteiger partial charge is 0.465 e. The lowest BCUT2D eigenvalue weighted by molar-refractivity contribution is 0.0602. The third kappa shape index (κ3) is 5.95. The molecule has 2 amide bonds. The monoisotopic (exact) mass is 513 g/mol. The van der Waals surface area contributed by atoms with Crippen molar-refractivity contribution in [2.24, 2.45) is 4.99 Å². The predicted octanol–water partition coefficient (Wildman–Crippen LogP) is 2.17. The number of carbonyl (C=O) groups is 2. The van der Waals surface area contributed by atoms with Gasteiger partial charge in [0.05, 0.1) is 30.8 Å². The van der Waals surface area contributed by atoms with Gasteiger partial charge in [0.15, 0.2) is 11.6 Å². The van der Waals surface area contributed by atoms with Gasteiger partial charge in [0, 0.05) is 56.5 Å². The minimum atomic E-state index is -0.925. The van der Waals surface area contributed by atoms with Crippen LogP contribution in [0.25, 0.3) is 17.0 Å². The standard InChI is InChI=1S/C26H29F2N5O4/c1-29-24(12-21-16-4-6-17(25(34)37-3)22(11-16)30-21)32-26(35)31-23-14-33(8-9-36-2)13-18(23)15-5-7-19(27)20(28)10-15/h4-7,10-12,18,23,30H,8-9,13-14H2,1-3H3,(H2,29,31,32,35)/t18-,23+/m0/s1. The van der Waals surface area contributed by atoms with Crippen LogP contribution in [0, 0.1) is 11.6 Å². The third-order valence-corrected chi connectivity index (χ3v) is 6.46. The van der Waals surface area contributed by atoms with E-state index < -0.39 is 23.6 Å². The summed E-state index contributed by atoms with van der Waals surface area (Å²) in [6, 6.07) is 8.24. The number of aliphatic imine (C=N–C) groups is 1. The predicted molar refractivity (Wildman–Crippen MR) is 136 cm³/mol. The SMILES string of the molecule is CN=C(C=c1[nH]c2cc1ccc2C(=O)OC)NC(=O)N[C@@H]1CN(CCOC)C[C@H]1c1ccc(F)c(F)c1. The van der Waals surface area contributed by atoms with Crippen molar-refractivity contribution in [2.75, 3.05) is 47.5 Å². The highest BCUT2D eigenvalue weighted by molar-refractivity contribution is 6.15. The Bertz CT molecular complexity index is 1370. The van der Waals surface area contributed by atoms with Crippen LogP contribution in [0.4, 0.5) is 13.6 Å². The molecule has 0 radical (unpaired) electrons. The van der Waals surface area contributed by atoms with E-state index in [1.807, 2.05) is 6.07 Å². The Balaban J connectivity index is 1.50. The van der Waals surface area contributed by atoms with Gasteiger partial charge in [-0.25, -0.2) is 18.4 Å². The Hall–Kier alpha value is -3.83. The molecular weight excluding hydrogens is 484 g/mol. The molecule has 2 bridgehead atoms. The number of fused-ring (bicyclic) bond motifs is 2. The zero-order chi connectivity index (χ0) is 26.5. The molecule has 1 aromatic heterocycles. The number of hydrogen-bond acceptors (Lipinski definition) is 6. The molecule has 0 saturated carbocycles. The number of amides is 2. The molecule has 2 atom stereocenters. The van der Waals surface area contributed by atoms with Crippen LogP contribution in [0.2, 0.25) is 0 Å². The number of methoxy groups -OCH3 is 2. The summed E-state index contributed by atoms with van der Waals surface area (Å²) in [7, 11) is 4.47. The Kier molecular flexibility index (Phi) is 8.14. The van der Waals surface area contributed by atoms with Crippen molar-refractivity contribution in [3.63, 3.8) is 0 Å². The van der Waals surface area contributed by atoms with Gasteiger partial charge in [-0.05, 0) is 29.8 Å². The fourth-order valence-corrected chi connectivity index (χ4v) is 4.57. The van der Waals surface area contributed by atoms with Crippen molar-refractivity contribution in [1.82, 2.24) is 20.5 Å². The molecule has 9 nitrogen and oxygen atoms in total. The molecule has 0 aliphatic carbocycles. The number of esters is 1. The summed E-state index contributed by atoms with van der Waals surface area (Å²) in [6.45, 7) is 2.22. The minimum Gasteiger partial charge on any atom is -0.465 e. The van der Waals surface area contributed by atoms with Crippen molar-refractivity contribution >= 4 is 34.8 Å². The van der Waals surface area contributed by atoms with Gasteiger partial charge in [-0.2, -0.15) is 0 Å². The van der Waals surface area contributed by atoms with Gasteiger partial charge in [-0.1, -0.05) is 12.1 Å². The summed E-state index contributed by atoms with van der Waals surface area (Å²) in [5, 5.41) is 7.19. The van der Waals surface area contributed by atoms with Crippen molar-refractivity contribution in [3.8, 4) is 0 Å². The minimum absolute atomic E-state index is 0.243. The maximum absolute atomic E-state index is 13.9. The summed E-state index contributed by atoms with van der Waals surface area (Å²) in [4.78, 5) is 34.3. The molecule has 0 spiro atoms. The normalized spacial score (nSPS) is 18.9. The number of likely N-dealkylation sites (tertiary alicyclic amines) is 1. The second kappa shape index (κ2) is 11.5. The fourth-order valence-electron chi connectivity index (χ4n) is 4.57. The van der Waals surface area contributed by atoms with Crippen LogP contribution in [0.3, 0.4) is 0 Å². The quantitative estimate of drug-likeness (QED) is 0.255. The topological polar surface area (TPSA) is 108 Å². The van der Waals surface area contributed by atoms with Crippen LogP contribution in [0.5, 0.6) is 0 Å². The number of carbonyl (C=O) groups excluding carboxylic acids is 2. The number of benzene rings is 2. The van der Waals surface area contributed by atoms with Gasteiger partial charge in [-0.15, -0.1) is 0 Å². The van der Waals surface area contributed by atoms with E-state index in [1.54, 1.807) is 38.4 Å². The number of nitrogens with one attached hydrogen (secondary N) is 3. The van der Waals surface area contributed by atoms with Crippen molar-refractivity contribution in [1.29, 1.82) is 0 Å². The molecule has 4 rings (SSSR count). The van der Waals surface area contributed by atoms with E-state index in [4.69, 9.17) is 9.47 Å². The highest BCUT2D eigenvalue weighted by Gasteiger charge is 2.35. The van der Waals surface area contributed by atoms with E-state index in [1.165, 1.54) is 13.2 Å². The van der Waals surface area contributed by atoms with Gasteiger partial charge in [0.25, 0.3) is 0 Å². The van der Waals surface area contributed by atoms with Crippen molar-refractivity contribution < 1.29 is 27.8 Å². The number of halogens is 2. The van der Waals surface area contributed by atoms with E-state index in [-0.39, 0.29) is 12.0 Å². The second-order valence-electron chi connectivity index (χ2n) is 8.78. The Labute approximate surface area is 212 Å². The number of aromatic amines is 1. The number of H-pyrrole nitrogens is 1. The van der Waals surface area contributed by atoms with E-state index in [0.717, 1.165) is 11.5 Å². The molecule has 196 valence electrons. The molecule has 0 unspecified atom stereocenters. The number of hydrogen-bond donors (Lipinski definition) is 3. The van der Waals surface area contributed by atoms with Crippen molar-refractivity contribution in [2.45, 2.75) is 12.0 Å². The van der Waals surface area contributed by atoms with Crippen LogP contribution >= 0.6 is 0 Å². The number of amidine groups is 1. The molecular formula is C26H29F2N5O4. The Morgan fingerprint density at radius 3 is 2.68 bits per heavy atom. The molecule has 11 heteroatoms. The highest BCUT2D eigenvalue weighted by atomic mass is 19.2. The van der Waals surface area contributed by atoms with Crippen molar-refractivity contribution in [3.05, 3.63) is 64.5 Å². The average molecular weight is 514 g/mol. The van der Waals surface area contributed by atoms with Crippen LogP contribution in [-0.4, -0.2) is 81.3 Å². The lowest BCUT2D eigenvalue weighted by Gasteiger charge is -2.20. The van der Waals surface area contributed by atoms with Crippen LogP contribution in [0.15, 0.2) is 41.4 Å². The number of ether oxygens (including phenoxy) is 2. The maximum atomic E-state index is 13.9. The summed E-state index contributed by atoms with van der Waals surface area (Å²) in [6.07, 6.45) is 1.66. The molecule has 1 aliphatic rings. The van der Waals surface area contributed by atoms with E-state index in [2.05, 4.69) is 25.5 Å². The average Bonchev–Trinajstić information content (AvgIpc) is 3.43. The lowest BCUT2D eigenvalue weighted by atomic mass is 9.94. The van der Waals surface area contributed by atoms with Gasteiger partial charge >= 0.3 is 12.0 Å². The number of nitrogens with zero attached hydrogens (tertiary/aromatic N) is 2. The number of urea groups is 1. The molecule has 1 saturated heterocycles. The summed E-state index contributed by atoms with van der Waals surface area (Å²) in [5.74, 6) is -2.25. The zero-order valence-corrected chi connectivity index (χ0v) is 20.8. The smallest absolute Gasteiger partial charge is 0.339 e.